The van der Waals surface area contributed by atoms with Crippen molar-refractivity contribution in [3.63, 3.8) is 0 Å². The van der Waals surface area contributed by atoms with Gasteiger partial charge in [0.1, 0.15) is 0 Å². The van der Waals surface area contributed by atoms with Gasteiger partial charge in [-0.15, -0.1) is 10.2 Å². The SMILES string of the molecule is C[C@@H](NC(=O)c1ccccc1Cl)c1nnc(SCC(=O)N2CCN(c3ccccc3)CC2)n1C. The second-order valence-corrected chi connectivity index (χ2v) is 9.42. The molecule has 4 rings (SSSR count). The Morgan fingerprint density at radius 2 is 1.71 bits per heavy atom. The summed E-state index contributed by atoms with van der Waals surface area (Å²) in [5.74, 6) is 0.701. The molecule has 34 heavy (non-hydrogen) atoms. The maximum absolute atomic E-state index is 12.8. The number of piperazine rings is 1. The number of nitrogens with zero attached hydrogens (tertiary/aromatic N) is 5. The van der Waals surface area contributed by atoms with E-state index in [4.69, 9.17) is 11.6 Å². The molecule has 0 radical (unpaired) electrons. The van der Waals surface area contributed by atoms with Crippen molar-refractivity contribution in [1.82, 2.24) is 25.0 Å². The van der Waals surface area contributed by atoms with E-state index in [9.17, 15) is 9.59 Å². The number of carbonyl (C=O) groups is 2. The molecule has 2 heterocycles. The number of aromatic nitrogens is 3. The van der Waals surface area contributed by atoms with E-state index >= 15 is 0 Å². The summed E-state index contributed by atoms with van der Waals surface area (Å²) in [7, 11) is 1.83. The predicted octanol–water partition coefficient (Wildman–Crippen LogP) is 3.40. The van der Waals surface area contributed by atoms with E-state index in [-0.39, 0.29) is 23.6 Å². The van der Waals surface area contributed by atoms with Crippen molar-refractivity contribution in [3.8, 4) is 0 Å². The van der Waals surface area contributed by atoms with Gasteiger partial charge in [-0.25, -0.2) is 0 Å². The molecule has 0 aliphatic carbocycles. The van der Waals surface area contributed by atoms with Gasteiger partial charge in [0.25, 0.3) is 5.91 Å². The number of rotatable bonds is 7. The van der Waals surface area contributed by atoms with Crippen LogP contribution in [-0.2, 0) is 11.8 Å². The van der Waals surface area contributed by atoms with Crippen molar-refractivity contribution in [2.75, 3.05) is 36.8 Å². The molecule has 1 saturated heterocycles. The molecule has 1 aliphatic heterocycles. The van der Waals surface area contributed by atoms with Gasteiger partial charge in [-0.2, -0.15) is 0 Å². The largest absolute Gasteiger partial charge is 0.368 e. The van der Waals surface area contributed by atoms with E-state index in [1.54, 1.807) is 24.3 Å². The highest BCUT2D eigenvalue weighted by molar-refractivity contribution is 7.99. The first-order valence-corrected chi connectivity index (χ1v) is 12.5. The molecule has 1 fully saturated rings. The van der Waals surface area contributed by atoms with Gasteiger partial charge in [0.05, 0.1) is 22.4 Å². The van der Waals surface area contributed by atoms with Crippen LogP contribution in [0.25, 0.3) is 0 Å². The molecule has 1 aliphatic rings. The van der Waals surface area contributed by atoms with Crippen LogP contribution in [0.1, 0.15) is 29.1 Å². The summed E-state index contributed by atoms with van der Waals surface area (Å²) in [5, 5.41) is 12.4. The second-order valence-electron chi connectivity index (χ2n) is 8.07. The molecule has 8 nitrogen and oxygen atoms in total. The molecule has 1 aromatic heterocycles. The van der Waals surface area contributed by atoms with Crippen LogP contribution in [0, 0.1) is 0 Å². The lowest BCUT2D eigenvalue weighted by molar-refractivity contribution is -0.128. The van der Waals surface area contributed by atoms with Crippen molar-refractivity contribution in [2.45, 2.75) is 18.1 Å². The molecule has 0 bridgehead atoms. The molecule has 3 aromatic rings. The number of halogens is 1. The number of para-hydroxylation sites is 1. The smallest absolute Gasteiger partial charge is 0.253 e. The van der Waals surface area contributed by atoms with Crippen molar-refractivity contribution < 1.29 is 9.59 Å². The van der Waals surface area contributed by atoms with Crippen LogP contribution in [0.3, 0.4) is 0 Å². The Hall–Kier alpha value is -3.04. The van der Waals surface area contributed by atoms with Gasteiger partial charge in [-0.3, -0.25) is 9.59 Å². The van der Waals surface area contributed by atoms with Crippen LogP contribution in [0.2, 0.25) is 5.02 Å². The summed E-state index contributed by atoms with van der Waals surface area (Å²) in [4.78, 5) is 29.5. The van der Waals surface area contributed by atoms with Crippen LogP contribution in [0.4, 0.5) is 5.69 Å². The van der Waals surface area contributed by atoms with E-state index in [2.05, 4.69) is 32.5 Å². The zero-order chi connectivity index (χ0) is 24.1. The Labute approximate surface area is 208 Å². The first-order valence-electron chi connectivity index (χ1n) is 11.1. The highest BCUT2D eigenvalue weighted by Gasteiger charge is 2.23. The second kappa shape index (κ2) is 10.9. The highest BCUT2D eigenvalue weighted by atomic mass is 35.5. The molecule has 2 amide bonds. The van der Waals surface area contributed by atoms with Crippen LogP contribution in [0.5, 0.6) is 0 Å². The van der Waals surface area contributed by atoms with Crippen molar-refractivity contribution in [1.29, 1.82) is 0 Å². The minimum Gasteiger partial charge on any atom is -0.368 e. The molecular formula is C24H27ClN6O2S. The molecule has 2 aromatic carbocycles. The van der Waals surface area contributed by atoms with Gasteiger partial charge < -0.3 is 19.7 Å². The number of nitrogens with one attached hydrogen (secondary N) is 1. The summed E-state index contributed by atoms with van der Waals surface area (Å²) in [5.41, 5.74) is 1.59. The van der Waals surface area contributed by atoms with Crippen molar-refractivity contribution >= 4 is 40.9 Å². The summed E-state index contributed by atoms with van der Waals surface area (Å²) >= 11 is 7.47. The fourth-order valence-corrected chi connectivity index (χ4v) is 4.93. The average molecular weight is 499 g/mol. The zero-order valence-electron chi connectivity index (χ0n) is 19.1. The van der Waals surface area contributed by atoms with E-state index in [0.717, 1.165) is 13.1 Å². The molecule has 0 unspecified atom stereocenters. The quantitative estimate of drug-likeness (QED) is 0.503. The van der Waals surface area contributed by atoms with Gasteiger partial charge in [-0.05, 0) is 31.2 Å². The number of carbonyl (C=O) groups excluding carboxylic acids is 2. The number of hydrogen-bond donors (Lipinski definition) is 1. The molecule has 1 N–H and O–H groups in total. The first-order chi connectivity index (χ1) is 16.4. The number of hydrogen-bond acceptors (Lipinski definition) is 6. The van der Waals surface area contributed by atoms with Crippen LogP contribution >= 0.6 is 23.4 Å². The lowest BCUT2D eigenvalue weighted by Crippen LogP contribution is -2.49. The molecule has 10 heteroatoms. The number of benzene rings is 2. The molecule has 0 spiro atoms. The third-order valence-electron chi connectivity index (χ3n) is 5.80. The Balaban J connectivity index is 1.29. The van der Waals surface area contributed by atoms with E-state index in [1.807, 2.05) is 41.6 Å². The minimum atomic E-state index is -0.377. The molecule has 1 atom stereocenters. The zero-order valence-corrected chi connectivity index (χ0v) is 20.7. The van der Waals surface area contributed by atoms with Gasteiger partial charge in [0.15, 0.2) is 11.0 Å². The van der Waals surface area contributed by atoms with Gasteiger partial charge in [0, 0.05) is 38.9 Å². The maximum atomic E-state index is 12.8. The van der Waals surface area contributed by atoms with Crippen LogP contribution in [-0.4, -0.2) is 63.4 Å². The fraction of sp³-hybridized carbons (Fsp3) is 0.333. The topological polar surface area (TPSA) is 83.4 Å². The fourth-order valence-electron chi connectivity index (χ4n) is 3.88. The number of thioether (sulfide) groups is 1. The lowest BCUT2D eigenvalue weighted by Gasteiger charge is -2.36. The van der Waals surface area contributed by atoms with E-state index < -0.39 is 0 Å². The monoisotopic (exact) mass is 498 g/mol. The summed E-state index contributed by atoms with van der Waals surface area (Å²) in [6.07, 6.45) is 0. The van der Waals surface area contributed by atoms with Gasteiger partial charge in [-0.1, -0.05) is 53.7 Å². The molecule has 0 saturated carbocycles. The lowest BCUT2D eigenvalue weighted by atomic mass is 10.2. The normalized spacial score (nSPS) is 14.7. The predicted molar refractivity (Wildman–Crippen MR) is 134 cm³/mol. The molecule has 178 valence electrons. The van der Waals surface area contributed by atoms with Crippen molar-refractivity contribution in [3.05, 3.63) is 71.0 Å². The third-order valence-corrected chi connectivity index (χ3v) is 7.14. The molecular weight excluding hydrogens is 472 g/mol. The summed E-state index contributed by atoms with van der Waals surface area (Å²) < 4.78 is 1.81. The summed E-state index contributed by atoms with van der Waals surface area (Å²) in [6, 6.07) is 16.8. The Bertz CT molecular complexity index is 1150. The Morgan fingerprint density at radius 1 is 1.03 bits per heavy atom. The van der Waals surface area contributed by atoms with E-state index in [0.29, 0.717) is 34.7 Å². The first kappa shape index (κ1) is 24.1. The Morgan fingerprint density at radius 3 is 2.41 bits per heavy atom. The van der Waals surface area contributed by atoms with Crippen LogP contribution in [0.15, 0.2) is 59.8 Å². The van der Waals surface area contributed by atoms with Gasteiger partial charge >= 0.3 is 0 Å². The number of amides is 2. The van der Waals surface area contributed by atoms with Crippen molar-refractivity contribution in [2.24, 2.45) is 7.05 Å². The summed E-state index contributed by atoms with van der Waals surface area (Å²) in [6.45, 7) is 4.87. The third kappa shape index (κ3) is 5.53. The highest BCUT2D eigenvalue weighted by Crippen LogP contribution is 2.22. The Kier molecular flexibility index (Phi) is 7.74. The van der Waals surface area contributed by atoms with Crippen LogP contribution < -0.4 is 10.2 Å². The van der Waals surface area contributed by atoms with Gasteiger partial charge in [0.2, 0.25) is 5.91 Å². The average Bonchev–Trinajstić information content (AvgIpc) is 3.23. The number of anilines is 1. The standard InChI is InChI=1S/C24H27ClN6O2S/c1-17(26-23(33)19-10-6-7-11-20(19)25)22-27-28-24(29(22)2)34-16-21(32)31-14-12-30(13-15-31)18-8-4-3-5-9-18/h3-11,17H,12-16H2,1-2H3,(H,26,33)/t17-/m1/s1. The minimum absolute atomic E-state index is 0.0855. The van der Waals surface area contributed by atoms with E-state index in [1.165, 1.54) is 17.4 Å². The maximum Gasteiger partial charge on any atom is 0.253 e.